The molecule has 0 aromatic rings. The lowest BCUT2D eigenvalue weighted by Crippen LogP contribution is -2.70. The first-order valence-electron chi connectivity index (χ1n) is 5.83. The quantitative estimate of drug-likeness (QED) is 0.675. The number of fused-ring (bicyclic) bond motifs is 1. The number of aliphatic carboxylic acids is 1. The van der Waals surface area contributed by atoms with Gasteiger partial charge in [-0.2, -0.15) is 4.72 Å². The minimum absolute atomic E-state index is 0.111. The van der Waals surface area contributed by atoms with Crippen LogP contribution < -0.4 is 4.72 Å². The Morgan fingerprint density at radius 3 is 2.58 bits per heavy atom. The van der Waals surface area contributed by atoms with Gasteiger partial charge in [-0.05, 0) is 20.8 Å². The maximum absolute atomic E-state index is 12.0. The van der Waals surface area contributed by atoms with Crippen LogP contribution >= 0.6 is 11.8 Å². The number of hydrogen-bond acceptors (Lipinski definition) is 5. The number of β-lactam (4-membered cyclic amide) rings is 1. The van der Waals surface area contributed by atoms with Crippen LogP contribution in [0.1, 0.15) is 20.8 Å². The number of carbonyl (C=O) groups excluding carboxylic acids is 1. The summed E-state index contributed by atoms with van der Waals surface area (Å²) in [7, 11) is -3.48. The lowest BCUT2D eigenvalue weighted by atomic mass is 9.96. The highest BCUT2D eigenvalue weighted by Crippen LogP contribution is 2.50. The Morgan fingerprint density at radius 1 is 1.53 bits per heavy atom. The van der Waals surface area contributed by atoms with E-state index in [1.807, 2.05) is 0 Å². The molecule has 2 rings (SSSR count). The number of carboxylic acid groups (broad SMARTS) is 1. The van der Waals surface area contributed by atoms with Gasteiger partial charge >= 0.3 is 5.97 Å². The maximum Gasteiger partial charge on any atom is 0.327 e. The predicted octanol–water partition coefficient (Wildman–Crippen LogP) is -0.559. The Hall–Kier alpha value is -0.800. The van der Waals surface area contributed by atoms with Gasteiger partial charge in [0.25, 0.3) is 0 Å². The molecule has 2 aliphatic heterocycles. The van der Waals surface area contributed by atoms with Gasteiger partial charge in [-0.3, -0.25) is 4.79 Å². The van der Waals surface area contributed by atoms with Crippen LogP contribution in [0.25, 0.3) is 0 Å². The first-order valence-corrected chi connectivity index (χ1v) is 8.36. The molecular formula is C10H16N2O5S2. The molecule has 0 saturated carbocycles. The minimum Gasteiger partial charge on any atom is -0.480 e. The molecule has 19 heavy (non-hydrogen) atoms. The fourth-order valence-electron chi connectivity index (χ4n) is 2.40. The summed E-state index contributed by atoms with van der Waals surface area (Å²) in [6.07, 6.45) is 0. The largest absolute Gasteiger partial charge is 0.480 e. The van der Waals surface area contributed by atoms with Gasteiger partial charge in [-0.15, -0.1) is 11.8 Å². The number of hydrogen-bond donors (Lipinski definition) is 2. The Labute approximate surface area is 115 Å². The molecule has 0 spiro atoms. The summed E-state index contributed by atoms with van der Waals surface area (Å²) < 4.78 is 24.7. The van der Waals surface area contributed by atoms with E-state index in [9.17, 15) is 23.1 Å². The number of nitrogens with zero attached hydrogens (tertiary/aromatic N) is 1. The van der Waals surface area contributed by atoms with E-state index in [4.69, 9.17) is 0 Å². The van der Waals surface area contributed by atoms with Crippen LogP contribution in [0.4, 0.5) is 0 Å². The van der Waals surface area contributed by atoms with Gasteiger partial charge in [0.1, 0.15) is 17.5 Å². The number of carboxylic acids is 1. The monoisotopic (exact) mass is 308 g/mol. The van der Waals surface area contributed by atoms with Crippen LogP contribution in [0.15, 0.2) is 0 Å². The first-order chi connectivity index (χ1) is 8.60. The van der Waals surface area contributed by atoms with Crippen molar-refractivity contribution < 1.29 is 23.1 Å². The van der Waals surface area contributed by atoms with Gasteiger partial charge in [-0.1, -0.05) is 0 Å². The molecule has 3 atom stereocenters. The molecular weight excluding hydrogens is 292 g/mol. The van der Waals surface area contributed by atoms with Crippen molar-refractivity contribution in [2.45, 2.75) is 43.0 Å². The average Bonchev–Trinajstić information content (AvgIpc) is 2.55. The fourth-order valence-corrected chi connectivity index (χ4v) is 4.89. The van der Waals surface area contributed by atoms with Gasteiger partial charge < -0.3 is 10.0 Å². The second-order valence-electron chi connectivity index (χ2n) is 5.10. The van der Waals surface area contributed by atoms with Crippen molar-refractivity contribution in [2.24, 2.45) is 0 Å². The van der Waals surface area contributed by atoms with E-state index in [-0.39, 0.29) is 5.75 Å². The molecule has 0 radical (unpaired) electrons. The summed E-state index contributed by atoms with van der Waals surface area (Å²) >= 11 is 1.31. The topological polar surface area (TPSA) is 104 Å². The Balaban J connectivity index is 2.22. The van der Waals surface area contributed by atoms with Crippen LogP contribution in [0.2, 0.25) is 0 Å². The Kier molecular flexibility index (Phi) is 3.35. The van der Waals surface area contributed by atoms with Gasteiger partial charge in [0, 0.05) is 4.75 Å². The zero-order valence-corrected chi connectivity index (χ0v) is 12.4. The first kappa shape index (κ1) is 14.6. The normalized spacial score (nSPS) is 32.9. The molecule has 2 saturated heterocycles. The second kappa shape index (κ2) is 4.35. The highest BCUT2D eigenvalue weighted by molar-refractivity contribution is 8.01. The molecule has 7 nitrogen and oxygen atoms in total. The van der Waals surface area contributed by atoms with E-state index in [1.54, 1.807) is 13.8 Å². The van der Waals surface area contributed by atoms with Gasteiger partial charge in [0.15, 0.2) is 0 Å². The van der Waals surface area contributed by atoms with Crippen molar-refractivity contribution in [1.82, 2.24) is 9.62 Å². The summed E-state index contributed by atoms with van der Waals surface area (Å²) in [6.45, 7) is 4.97. The molecule has 0 aromatic heterocycles. The standard InChI is InChI=1S/C10H16N2O5S2/c1-4-19(16,17)11-5-7(13)12-6(9(14)15)10(2,3)18-8(5)12/h5-6,8,11H,4H2,1-3H3,(H,14,15). The second-order valence-corrected chi connectivity index (χ2v) is 8.91. The number of carbonyl (C=O) groups is 2. The van der Waals surface area contributed by atoms with Crippen LogP contribution in [0.3, 0.4) is 0 Å². The fraction of sp³-hybridized carbons (Fsp3) is 0.800. The molecule has 0 aromatic carbocycles. The third kappa shape index (κ3) is 2.23. The summed E-state index contributed by atoms with van der Waals surface area (Å²) in [5, 5.41) is 8.77. The summed E-state index contributed by atoms with van der Waals surface area (Å²) in [5.41, 5.74) is 0. The molecule has 0 bridgehead atoms. The van der Waals surface area contributed by atoms with Gasteiger partial charge in [0.2, 0.25) is 15.9 Å². The van der Waals surface area contributed by atoms with Crippen molar-refractivity contribution in [3.8, 4) is 0 Å². The number of amides is 1. The SMILES string of the molecule is CCS(=O)(=O)NC1C(=O)N2C1SC(C)(C)C2C(=O)O. The van der Waals surface area contributed by atoms with E-state index >= 15 is 0 Å². The predicted molar refractivity (Wildman–Crippen MR) is 70.1 cm³/mol. The zero-order chi connectivity index (χ0) is 14.6. The van der Waals surface area contributed by atoms with Crippen molar-refractivity contribution in [3.05, 3.63) is 0 Å². The van der Waals surface area contributed by atoms with Crippen molar-refractivity contribution >= 4 is 33.7 Å². The number of sulfonamides is 1. The highest BCUT2D eigenvalue weighted by Gasteiger charge is 2.64. The molecule has 1 amide bonds. The zero-order valence-electron chi connectivity index (χ0n) is 10.8. The third-order valence-electron chi connectivity index (χ3n) is 3.36. The van der Waals surface area contributed by atoms with E-state index in [2.05, 4.69) is 4.72 Å². The number of thioether (sulfide) groups is 1. The van der Waals surface area contributed by atoms with Gasteiger partial charge in [0.05, 0.1) is 5.75 Å². The molecule has 2 fully saturated rings. The highest BCUT2D eigenvalue weighted by atomic mass is 32.2. The van der Waals surface area contributed by atoms with Crippen LogP contribution in [0, 0.1) is 0 Å². The average molecular weight is 308 g/mol. The van der Waals surface area contributed by atoms with E-state index in [0.717, 1.165) is 0 Å². The lowest BCUT2D eigenvalue weighted by Gasteiger charge is -2.43. The molecule has 2 aliphatic rings. The number of rotatable bonds is 4. The molecule has 2 N–H and O–H groups in total. The number of nitrogens with one attached hydrogen (secondary N) is 1. The Morgan fingerprint density at radius 2 is 2.11 bits per heavy atom. The van der Waals surface area contributed by atoms with E-state index in [0.29, 0.717) is 0 Å². The minimum atomic E-state index is -3.48. The van der Waals surface area contributed by atoms with Crippen molar-refractivity contribution in [2.75, 3.05) is 5.75 Å². The van der Waals surface area contributed by atoms with Crippen LogP contribution in [0.5, 0.6) is 0 Å². The molecule has 108 valence electrons. The van der Waals surface area contributed by atoms with Crippen molar-refractivity contribution in [3.63, 3.8) is 0 Å². The maximum atomic E-state index is 12.0. The smallest absolute Gasteiger partial charge is 0.327 e. The Bertz CT molecular complexity index is 530. The molecule has 3 unspecified atom stereocenters. The molecule has 2 heterocycles. The third-order valence-corrected chi connectivity index (χ3v) is 6.31. The van der Waals surface area contributed by atoms with Gasteiger partial charge in [-0.25, -0.2) is 13.2 Å². The van der Waals surface area contributed by atoms with E-state index in [1.165, 1.54) is 23.6 Å². The summed E-state index contributed by atoms with van der Waals surface area (Å²) in [5.74, 6) is -1.64. The molecule has 9 heteroatoms. The molecule has 0 aliphatic carbocycles. The summed E-state index contributed by atoms with van der Waals surface area (Å²) in [4.78, 5) is 24.5. The van der Waals surface area contributed by atoms with Crippen LogP contribution in [-0.2, 0) is 19.6 Å². The van der Waals surface area contributed by atoms with Crippen molar-refractivity contribution in [1.29, 1.82) is 0 Å². The van der Waals surface area contributed by atoms with Crippen LogP contribution in [-0.4, -0.2) is 58.3 Å². The van der Waals surface area contributed by atoms with E-state index < -0.39 is 44.1 Å². The summed E-state index contributed by atoms with van der Waals surface area (Å²) in [6, 6.07) is -1.77. The lowest BCUT2D eigenvalue weighted by molar-refractivity contribution is -0.159.